The molecule has 22 heavy (non-hydrogen) atoms. The topological polar surface area (TPSA) is 53.1 Å². The molecule has 0 spiro atoms. The van der Waals surface area contributed by atoms with Gasteiger partial charge in [-0.1, -0.05) is 30.3 Å². The van der Waals surface area contributed by atoms with Gasteiger partial charge in [0.05, 0.1) is 17.6 Å². The van der Waals surface area contributed by atoms with Gasteiger partial charge in [-0.25, -0.2) is 4.98 Å². The number of aromatic nitrogens is 2. The largest absolute Gasteiger partial charge is 0.494 e. The maximum atomic E-state index is 6.03. The Morgan fingerprint density at radius 1 is 1.09 bits per heavy atom. The van der Waals surface area contributed by atoms with E-state index in [9.17, 15) is 0 Å². The summed E-state index contributed by atoms with van der Waals surface area (Å²) >= 11 is 0. The lowest BCUT2D eigenvalue weighted by Gasteiger charge is -2.11. The third kappa shape index (κ3) is 3.17. The van der Waals surface area contributed by atoms with Crippen molar-refractivity contribution in [2.75, 3.05) is 12.3 Å². The van der Waals surface area contributed by atoms with Crippen molar-refractivity contribution in [3.05, 3.63) is 54.1 Å². The molecule has 0 radical (unpaired) electrons. The van der Waals surface area contributed by atoms with Gasteiger partial charge in [0.1, 0.15) is 5.75 Å². The van der Waals surface area contributed by atoms with Crippen molar-refractivity contribution in [3.8, 4) is 5.75 Å². The molecule has 0 bridgehead atoms. The Morgan fingerprint density at radius 3 is 2.64 bits per heavy atom. The molecular weight excluding hydrogens is 298 g/mol. The molecule has 3 rings (SSSR count). The van der Waals surface area contributed by atoms with E-state index in [1.165, 1.54) is 5.56 Å². The van der Waals surface area contributed by atoms with Gasteiger partial charge < -0.3 is 15.0 Å². The third-order valence-corrected chi connectivity index (χ3v) is 3.56. The number of anilines is 1. The van der Waals surface area contributed by atoms with Gasteiger partial charge in [0.25, 0.3) is 0 Å². The fourth-order valence-corrected chi connectivity index (χ4v) is 2.57. The first-order valence-electron chi connectivity index (χ1n) is 7.21. The van der Waals surface area contributed by atoms with E-state index in [0.29, 0.717) is 12.6 Å². The zero-order chi connectivity index (χ0) is 14.7. The van der Waals surface area contributed by atoms with Crippen LogP contribution in [0.4, 0.5) is 5.95 Å². The molecule has 1 heterocycles. The van der Waals surface area contributed by atoms with Crippen LogP contribution in [-0.2, 0) is 13.0 Å². The summed E-state index contributed by atoms with van der Waals surface area (Å²) in [7, 11) is 0. The molecule has 2 aromatic carbocycles. The molecule has 0 fully saturated rings. The summed E-state index contributed by atoms with van der Waals surface area (Å²) < 4.78 is 7.72. The zero-order valence-electron chi connectivity index (χ0n) is 12.5. The average Bonchev–Trinajstić information content (AvgIpc) is 2.82. The lowest BCUT2D eigenvalue weighted by atomic mass is 10.1. The molecule has 116 valence electrons. The first kappa shape index (κ1) is 16.2. The number of para-hydroxylation sites is 3. The van der Waals surface area contributed by atoms with Crippen molar-refractivity contribution in [1.82, 2.24) is 9.55 Å². The minimum absolute atomic E-state index is 0. The van der Waals surface area contributed by atoms with Crippen molar-refractivity contribution >= 4 is 29.4 Å². The summed E-state index contributed by atoms with van der Waals surface area (Å²) in [6.07, 6.45) is 0.862. The molecule has 0 unspecified atom stereocenters. The minimum Gasteiger partial charge on any atom is -0.494 e. The Morgan fingerprint density at radius 2 is 1.82 bits per heavy atom. The Balaban J connectivity index is 0.00000176. The smallest absolute Gasteiger partial charge is 0.201 e. The van der Waals surface area contributed by atoms with Crippen LogP contribution < -0.4 is 10.5 Å². The van der Waals surface area contributed by atoms with Crippen LogP contribution in [0.1, 0.15) is 12.5 Å². The number of rotatable bonds is 5. The monoisotopic (exact) mass is 317 g/mol. The maximum Gasteiger partial charge on any atom is 0.201 e. The first-order chi connectivity index (χ1) is 10.3. The molecule has 0 aliphatic heterocycles. The predicted octanol–water partition coefficient (Wildman–Crippen LogP) is 3.68. The quantitative estimate of drug-likeness (QED) is 0.781. The second-order valence-electron chi connectivity index (χ2n) is 4.90. The number of nitrogens with zero attached hydrogens (tertiary/aromatic N) is 2. The molecular formula is C17H20ClN3O. The van der Waals surface area contributed by atoms with E-state index >= 15 is 0 Å². The van der Waals surface area contributed by atoms with Crippen LogP contribution in [0.5, 0.6) is 5.75 Å². The Kier molecular flexibility index (Phi) is 5.28. The number of benzene rings is 2. The Hall–Kier alpha value is -2.20. The van der Waals surface area contributed by atoms with Crippen LogP contribution in [0, 0.1) is 0 Å². The highest BCUT2D eigenvalue weighted by Crippen LogP contribution is 2.22. The lowest BCUT2D eigenvalue weighted by Crippen LogP contribution is -2.06. The molecule has 0 saturated carbocycles. The third-order valence-electron chi connectivity index (χ3n) is 3.56. The summed E-state index contributed by atoms with van der Waals surface area (Å²) in [5.74, 6) is 1.51. The summed E-state index contributed by atoms with van der Waals surface area (Å²) in [6, 6.07) is 16.2. The number of fused-ring (bicyclic) bond motifs is 1. The standard InChI is InChI=1S/C17H19N3O.ClH/c1-2-21-16-10-6-3-7-13(16)11-12-20-15-9-5-4-8-14(15)19-17(20)18;/h3-10H,2,11-12H2,1H3,(H2,18,19);1H. The fraction of sp³-hybridized carbons (Fsp3) is 0.235. The summed E-state index contributed by atoms with van der Waals surface area (Å²) in [4.78, 5) is 4.39. The summed E-state index contributed by atoms with van der Waals surface area (Å²) in [6.45, 7) is 3.46. The van der Waals surface area contributed by atoms with Gasteiger partial charge in [-0.2, -0.15) is 0 Å². The first-order valence-corrected chi connectivity index (χ1v) is 7.21. The van der Waals surface area contributed by atoms with E-state index in [-0.39, 0.29) is 12.4 Å². The predicted molar refractivity (Wildman–Crippen MR) is 92.7 cm³/mol. The van der Waals surface area contributed by atoms with E-state index in [4.69, 9.17) is 10.5 Å². The molecule has 0 amide bonds. The van der Waals surface area contributed by atoms with Gasteiger partial charge in [0.15, 0.2) is 0 Å². The van der Waals surface area contributed by atoms with Crippen molar-refractivity contribution in [3.63, 3.8) is 0 Å². The number of nitrogens with two attached hydrogens (primary N) is 1. The number of hydrogen-bond donors (Lipinski definition) is 1. The summed E-state index contributed by atoms with van der Waals surface area (Å²) in [5, 5.41) is 0. The SMILES string of the molecule is CCOc1ccccc1CCn1c(N)nc2ccccc21.Cl. The van der Waals surface area contributed by atoms with Gasteiger partial charge in [0.2, 0.25) is 5.95 Å². The van der Waals surface area contributed by atoms with Crippen LogP contribution >= 0.6 is 12.4 Å². The lowest BCUT2D eigenvalue weighted by molar-refractivity contribution is 0.336. The molecule has 5 heteroatoms. The molecule has 0 atom stereocenters. The number of imidazole rings is 1. The zero-order valence-corrected chi connectivity index (χ0v) is 13.3. The van der Waals surface area contributed by atoms with Gasteiger partial charge in [-0.05, 0) is 37.1 Å². The van der Waals surface area contributed by atoms with E-state index in [1.807, 2.05) is 49.4 Å². The van der Waals surface area contributed by atoms with E-state index in [1.54, 1.807) is 0 Å². The highest BCUT2D eigenvalue weighted by Gasteiger charge is 2.09. The highest BCUT2D eigenvalue weighted by molar-refractivity contribution is 5.85. The number of hydrogen-bond acceptors (Lipinski definition) is 3. The molecule has 0 aliphatic carbocycles. The van der Waals surface area contributed by atoms with Crippen LogP contribution in [0.15, 0.2) is 48.5 Å². The maximum absolute atomic E-state index is 6.03. The Labute approximate surface area is 136 Å². The van der Waals surface area contributed by atoms with Crippen molar-refractivity contribution < 1.29 is 4.74 Å². The van der Waals surface area contributed by atoms with Crippen molar-refractivity contribution in [2.45, 2.75) is 19.9 Å². The fourth-order valence-electron chi connectivity index (χ4n) is 2.57. The molecule has 0 aliphatic rings. The minimum atomic E-state index is 0. The van der Waals surface area contributed by atoms with Gasteiger partial charge in [0, 0.05) is 6.54 Å². The van der Waals surface area contributed by atoms with Gasteiger partial charge >= 0.3 is 0 Å². The molecule has 2 N–H and O–H groups in total. The van der Waals surface area contributed by atoms with Crippen LogP contribution in [-0.4, -0.2) is 16.2 Å². The number of nitrogen functional groups attached to an aromatic ring is 1. The molecule has 4 nitrogen and oxygen atoms in total. The second kappa shape index (κ2) is 7.18. The van der Waals surface area contributed by atoms with E-state index < -0.39 is 0 Å². The van der Waals surface area contributed by atoms with E-state index in [2.05, 4.69) is 15.6 Å². The average molecular weight is 318 g/mol. The highest BCUT2D eigenvalue weighted by atomic mass is 35.5. The van der Waals surface area contributed by atoms with Crippen LogP contribution in [0.25, 0.3) is 11.0 Å². The Bertz CT molecular complexity index is 754. The van der Waals surface area contributed by atoms with E-state index in [0.717, 1.165) is 29.7 Å². The van der Waals surface area contributed by atoms with Crippen LogP contribution in [0.3, 0.4) is 0 Å². The number of halogens is 1. The van der Waals surface area contributed by atoms with Gasteiger partial charge in [-0.3, -0.25) is 0 Å². The normalized spacial score (nSPS) is 10.4. The van der Waals surface area contributed by atoms with Crippen LogP contribution in [0.2, 0.25) is 0 Å². The number of aryl methyl sites for hydroxylation is 2. The molecule has 1 aromatic heterocycles. The van der Waals surface area contributed by atoms with Gasteiger partial charge in [-0.15, -0.1) is 12.4 Å². The number of ether oxygens (including phenoxy) is 1. The molecule has 3 aromatic rings. The molecule has 0 saturated heterocycles. The van der Waals surface area contributed by atoms with Crippen molar-refractivity contribution in [1.29, 1.82) is 0 Å². The second-order valence-corrected chi connectivity index (χ2v) is 4.90. The summed E-state index contributed by atoms with van der Waals surface area (Å²) in [5.41, 5.74) is 9.24. The van der Waals surface area contributed by atoms with Crippen molar-refractivity contribution in [2.24, 2.45) is 0 Å².